The molecule has 0 aliphatic carbocycles. The second kappa shape index (κ2) is 8.25. The second-order valence-electron chi connectivity index (χ2n) is 5.92. The first kappa shape index (κ1) is 19.1. The van der Waals surface area contributed by atoms with Crippen LogP contribution < -0.4 is 5.32 Å². The molecule has 1 N–H and O–H groups in total. The monoisotopic (exact) mass is 361 g/mol. The Morgan fingerprint density at radius 2 is 2.04 bits per heavy atom. The van der Waals surface area contributed by atoms with Gasteiger partial charge >= 0.3 is 6.18 Å². The Kier molecular flexibility index (Phi) is 6.57. The van der Waals surface area contributed by atoms with Crippen LogP contribution in [0.4, 0.5) is 18.9 Å². The summed E-state index contributed by atoms with van der Waals surface area (Å²) in [5.41, 5.74) is -0.969. The van der Waals surface area contributed by atoms with Crippen LogP contribution in [0.25, 0.3) is 0 Å². The minimum atomic E-state index is -4.51. The number of rotatable bonds is 5. The number of hydrogen-bond acceptors (Lipinski definition) is 3. The number of ether oxygens (including phenoxy) is 1. The summed E-state index contributed by atoms with van der Waals surface area (Å²) in [5, 5.41) is 2.69. The molecule has 2 rings (SSSR count). The first-order chi connectivity index (χ1) is 11.3. The maximum Gasteiger partial charge on any atom is 0.418 e. The van der Waals surface area contributed by atoms with Crippen molar-refractivity contribution < 1.29 is 22.7 Å². The number of carbonyl (C=O) groups excluding carboxylic acids is 1. The largest absolute Gasteiger partial charge is 0.418 e. The molecule has 1 fully saturated rings. The highest BCUT2D eigenvalue weighted by Crippen LogP contribution is 2.38. The van der Waals surface area contributed by atoms with Gasteiger partial charge in [-0.05, 0) is 37.5 Å². The van der Waals surface area contributed by atoms with E-state index in [4.69, 9.17) is 4.74 Å². The van der Waals surface area contributed by atoms with Crippen molar-refractivity contribution in [2.24, 2.45) is 5.92 Å². The molecule has 1 aliphatic rings. The van der Waals surface area contributed by atoms with E-state index in [0.29, 0.717) is 31.0 Å². The van der Waals surface area contributed by atoms with Crippen molar-refractivity contribution in [1.82, 2.24) is 0 Å². The van der Waals surface area contributed by atoms with Crippen LogP contribution in [0.1, 0.15) is 38.7 Å². The van der Waals surface area contributed by atoms with Crippen molar-refractivity contribution in [3.05, 3.63) is 23.8 Å². The Balaban J connectivity index is 2.20. The van der Waals surface area contributed by atoms with Crippen molar-refractivity contribution in [3.8, 4) is 0 Å². The van der Waals surface area contributed by atoms with Gasteiger partial charge in [0.2, 0.25) is 5.91 Å². The van der Waals surface area contributed by atoms with E-state index in [1.807, 2.05) is 13.8 Å². The van der Waals surface area contributed by atoms with Crippen LogP contribution in [0.2, 0.25) is 0 Å². The Labute approximate surface area is 144 Å². The summed E-state index contributed by atoms with van der Waals surface area (Å²) in [4.78, 5) is 12.8. The highest BCUT2D eigenvalue weighted by Gasteiger charge is 2.35. The quantitative estimate of drug-likeness (QED) is 0.753. The van der Waals surface area contributed by atoms with Gasteiger partial charge in [-0.1, -0.05) is 13.8 Å². The highest BCUT2D eigenvalue weighted by molar-refractivity contribution is 7.99. The fraction of sp³-hybridized carbons (Fsp3) is 0.588. The van der Waals surface area contributed by atoms with E-state index < -0.39 is 11.7 Å². The molecule has 1 aliphatic heterocycles. The number of amides is 1. The fourth-order valence-electron chi connectivity index (χ4n) is 2.45. The smallest absolute Gasteiger partial charge is 0.381 e. The van der Waals surface area contributed by atoms with Crippen molar-refractivity contribution in [2.45, 2.75) is 49.4 Å². The Morgan fingerprint density at radius 1 is 1.38 bits per heavy atom. The van der Waals surface area contributed by atoms with Gasteiger partial charge in [-0.25, -0.2) is 0 Å². The predicted octanol–water partition coefficient (Wildman–Crippen LogP) is 4.96. The number of hydrogen-bond donors (Lipinski definition) is 1. The van der Waals surface area contributed by atoms with Gasteiger partial charge in [0, 0.05) is 29.3 Å². The summed E-state index contributed by atoms with van der Waals surface area (Å²) >= 11 is 1.40. The molecular weight excluding hydrogens is 339 g/mol. The normalized spacial score (nSPS) is 17.5. The molecule has 1 amide bonds. The molecule has 0 saturated carbocycles. The summed E-state index contributed by atoms with van der Waals surface area (Å²) in [6.07, 6.45) is -2.57. The van der Waals surface area contributed by atoms with E-state index in [-0.39, 0.29) is 22.8 Å². The SMILES string of the molecule is CCC(C)Sc1ccc(NC(=O)C2CCOCC2)c(C(F)(F)F)c1. The molecule has 0 spiro atoms. The number of nitrogens with one attached hydrogen (secondary N) is 1. The third kappa shape index (κ3) is 5.14. The van der Waals surface area contributed by atoms with Crippen LogP contribution in [0, 0.1) is 5.92 Å². The van der Waals surface area contributed by atoms with Gasteiger partial charge in [-0.3, -0.25) is 4.79 Å². The maximum absolute atomic E-state index is 13.4. The summed E-state index contributed by atoms with van der Waals surface area (Å²) in [5.74, 6) is -0.667. The summed E-state index contributed by atoms with van der Waals surface area (Å²) in [7, 11) is 0. The Morgan fingerprint density at radius 3 is 2.62 bits per heavy atom. The van der Waals surface area contributed by atoms with Crippen LogP contribution in [0.3, 0.4) is 0 Å². The van der Waals surface area contributed by atoms with Gasteiger partial charge in [0.05, 0.1) is 11.3 Å². The Bertz CT molecular complexity index is 571. The lowest BCUT2D eigenvalue weighted by atomic mass is 9.99. The van der Waals surface area contributed by atoms with E-state index in [1.165, 1.54) is 17.8 Å². The number of anilines is 1. The molecular formula is C17H22F3NO2S. The lowest BCUT2D eigenvalue weighted by Gasteiger charge is -2.22. The highest BCUT2D eigenvalue weighted by atomic mass is 32.2. The minimum absolute atomic E-state index is 0.174. The molecule has 0 bridgehead atoms. The average Bonchev–Trinajstić information content (AvgIpc) is 2.55. The van der Waals surface area contributed by atoms with Crippen molar-refractivity contribution >= 4 is 23.4 Å². The molecule has 1 heterocycles. The third-order valence-electron chi connectivity index (χ3n) is 4.06. The van der Waals surface area contributed by atoms with Crippen LogP contribution in [0.15, 0.2) is 23.1 Å². The number of thioether (sulfide) groups is 1. The number of halogens is 3. The van der Waals surface area contributed by atoms with Crippen molar-refractivity contribution in [3.63, 3.8) is 0 Å². The van der Waals surface area contributed by atoms with Gasteiger partial charge in [0.15, 0.2) is 0 Å². The van der Waals surface area contributed by atoms with Crippen molar-refractivity contribution in [2.75, 3.05) is 18.5 Å². The van der Waals surface area contributed by atoms with Crippen LogP contribution in [0.5, 0.6) is 0 Å². The Hall–Kier alpha value is -1.21. The van der Waals surface area contributed by atoms with Gasteiger partial charge in [-0.15, -0.1) is 11.8 Å². The van der Waals surface area contributed by atoms with Gasteiger partial charge in [-0.2, -0.15) is 13.2 Å². The summed E-state index contributed by atoms with van der Waals surface area (Å²) in [6, 6.07) is 4.10. The number of alkyl halides is 3. The maximum atomic E-state index is 13.4. The molecule has 7 heteroatoms. The zero-order valence-electron chi connectivity index (χ0n) is 13.8. The van der Waals surface area contributed by atoms with E-state index in [1.54, 1.807) is 6.07 Å². The lowest BCUT2D eigenvalue weighted by Crippen LogP contribution is -2.29. The number of benzene rings is 1. The molecule has 1 atom stereocenters. The molecule has 3 nitrogen and oxygen atoms in total. The van der Waals surface area contributed by atoms with Crippen LogP contribution >= 0.6 is 11.8 Å². The molecule has 134 valence electrons. The van der Waals surface area contributed by atoms with Crippen molar-refractivity contribution in [1.29, 1.82) is 0 Å². The van der Waals surface area contributed by atoms with E-state index in [9.17, 15) is 18.0 Å². The molecule has 0 radical (unpaired) electrons. The van der Waals surface area contributed by atoms with E-state index >= 15 is 0 Å². The molecule has 24 heavy (non-hydrogen) atoms. The second-order valence-corrected chi connectivity index (χ2v) is 7.43. The number of carbonyl (C=O) groups is 1. The lowest BCUT2D eigenvalue weighted by molar-refractivity contribution is -0.137. The topological polar surface area (TPSA) is 38.3 Å². The summed E-state index contributed by atoms with van der Waals surface area (Å²) < 4.78 is 45.3. The van der Waals surface area contributed by atoms with Crippen LogP contribution in [-0.2, 0) is 15.7 Å². The third-order valence-corrected chi connectivity index (χ3v) is 5.32. The van der Waals surface area contributed by atoms with E-state index in [2.05, 4.69) is 5.32 Å². The standard InChI is InChI=1S/C17H22F3NO2S/c1-3-11(2)24-13-4-5-15(14(10-13)17(18,19)20)21-16(22)12-6-8-23-9-7-12/h4-5,10-12H,3,6-9H2,1-2H3,(H,21,22). The van der Waals surface area contributed by atoms with Gasteiger partial charge in [0.25, 0.3) is 0 Å². The molecule has 1 aromatic rings. The van der Waals surface area contributed by atoms with Gasteiger partial charge < -0.3 is 10.1 Å². The predicted molar refractivity (Wildman–Crippen MR) is 89.2 cm³/mol. The molecule has 1 unspecified atom stereocenters. The fourth-order valence-corrected chi connectivity index (χ4v) is 3.41. The minimum Gasteiger partial charge on any atom is -0.381 e. The zero-order valence-corrected chi connectivity index (χ0v) is 14.6. The average molecular weight is 361 g/mol. The van der Waals surface area contributed by atoms with Gasteiger partial charge in [0.1, 0.15) is 0 Å². The molecule has 0 aromatic heterocycles. The summed E-state index contributed by atoms with van der Waals surface area (Å²) in [6.45, 7) is 4.90. The molecule has 1 aromatic carbocycles. The van der Waals surface area contributed by atoms with E-state index in [0.717, 1.165) is 12.5 Å². The first-order valence-corrected chi connectivity index (χ1v) is 8.95. The van der Waals surface area contributed by atoms with Crippen LogP contribution in [-0.4, -0.2) is 24.4 Å². The zero-order chi connectivity index (χ0) is 17.7. The molecule has 1 saturated heterocycles. The first-order valence-electron chi connectivity index (χ1n) is 8.07.